The number of halogens is 2. The van der Waals surface area contributed by atoms with Gasteiger partial charge in [-0.05, 0) is 21.8 Å². The fourth-order valence-corrected chi connectivity index (χ4v) is 2.74. The molecule has 0 saturated carbocycles. The van der Waals surface area contributed by atoms with Crippen LogP contribution in [-0.2, 0) is 4.79 Å². The molecule has 1 aromatic rings. The summed E-state index contributed by atoms with van der Waals surface area (Å²) < 4.78 is 13.6. The van der Waals surface area contributed by atoms with Crippen LogP contribution in [0.3, 0.4) is 0 Å². The lowest BCUT2D eigenvalue weighted by atomic mass is 9.99. The molecule has 0 spiro atoms. The normalized spacial score (nSPS) is 22.1. The van der Waals surface area contributed by atoms with Gasteiger partial charge in [0, 0.05) is 25.2 Å². The van der Waals surface area contributed by atoms with Gasteiger partial charge in [0.05, 0.1) is 15.3 Å². The van der Waals surface area contributed by atoms with Crippen LogP contribution in [0.1, 0.15) is 6.92 Å². The first kappa shape index (κ1) is 14.7. The van der Waals surface area contributed by atoms with Crippen LogP contribution < -0.4 is 4.90 Å². The number of nitrogens with zero attached hydrogens (tertiary/aromatic N) is 2. The van der Waals surface area contributed by atoms with Crippen LogP contribution in [-0.4, -0.2) is 29.1 Å². The van der Waals surface area contributed by atoms with Gasteiger partial charge < -0.3 is 10.0 Å². The Balaban J connectivity index is 2.41. The number of aliphatic carboxylic acids is 1. The van der Waals surface area contributed by atoms with Crippen molar-refractivity contribution >= 4 is 33.3 Å². The van der Waals surface area contributed by atoms with Gasteiger partial charge in [0.1, 0.15) is 11.5 Å². The lowest BCUT2D eigenvalue weighted by molar-refractivity contribution is -0.384. The van der Waals surface area contributed by atoms with Gasteiger partial charge in [-0.2, -0.15) is 0 Å². The minimum Gasteiger partial charge on any atom is -0.481 e. The van der Waals surface area contributed by atoms with Crippen LogP contribution in [0.25, 0.3) is 0 Å². The molecular weight excluding hydrogens is 335 g/mol. The molecule has 0 radical (unpaired) electrons. The zero-order valence-electron chi connectivity index (χ0n) is 10.5. The second-order valence-electron chi connectivity index (χ2n) is 4.84. The lowest BCUT2D eigenvalue weighted by Crippen LogP contribution is -2.23. The van der Waals surface area contributed by atoms with Gasteiger partial charge in [-0.3, -0.25) is 14.9 Å². The molecule has 1 aromatic carbocycles. The SMILES string of the molecule is C[C@@H]1CN(c2cc(F)c(Br)cc2[N+](=O)[O-])C[C@H]1C(=O)O. The van der Waals surface area contributed by atoms with E-state index in [1.807, 2.05) is 0 Å². The van der Waals surface area contributed by atoms with Crippen LogP contribution in [0.5, 0.6) is 0 Å². The molecule has 1 heterocycles. The van der Waals surface area contributed by atoms with Crippen molar-refractivity contribution in [1.29, 1.82) is 0 Å². The third-order valence-electron chi connectivity index (χ3n) is 3.48. The molecule has 1 saturated heterocycles. The number of rotatable bonds is 3. The second-order valence-corrected chi connectivity index (χ2v) is 5.69. The first-order chi connectivity index (χ1) is 9.31. The fraction of sp³-hybridized carbons (Fsp3) is 0.417. The average Bonchev–Trinajstić information content (AvgIpc) is 2.74. The first-order valence-corrected chi connectivity index (χ1v) is 6.71. The number of carbonyl (C=O) groups is 1. The summed E-state index contributed by atoms with van der Waals surface area (Å²) in [4.78, 5) is 23.1. The molecule has 6 nitrogen and oxygen atoms in total. The van der Waals surface area contributed by atoms with E-state index >= 15 is 0 Å². The maximum absolute atomic E-state index is 13.6. The van der Waals surface area contributed by atoms with Gasteiger partial charge in [0.15, 0.2) is 0 Å². The molecule has 0 aromatic heterocycles. The van der Waals surface area contributed by atoms with Crippen molar-refractivity contribution in [3.8, 4) is 0 Å². The zero-order chi connectivity index (χ0) is 15.0. The third-order valence-corrected chi connectivity index (χ3v) is 4.09. The number of carboxylic acids is 1. The predicted octanol–water partition coefficient (Wildman–Crippen LogP) is 2.65. The van der Waals surface area contributed by atoms with Crippen molar-refractivity contribution in [3.63, 3.8) is 0 Å². The number of nitro groups is 1. The van der Waals surface area contributed by atoms with Gasteiger partial charge in [-0.15, -0.1) is 0 Å². The molecule has 2 rings (SSSR count). The Morgan fingerprint density at radius 1 is 1.55 bits per heavy atom. The molecule has 0 aliphatic carbocycles. The van der Waals surface area contributed by atoms with E-state index in [9.17, 15) is 19.3 Å². The predicted molar refractivity (Wildman–Crippen MR) is 73.3 cm³/mol. The van der Waals surface area contributed by atoms with E-state index < -0.39 is 22.6 Å². The Morgan fingerprint density at radius 2 is 2.20 bits per heavy atom. The van der Waals surface area contributed by atoms with Crippen molar-refractivity contribution in [1.82, 2.24) is 0 Å². The Labute approximate surface area is 122 Å². The van der Waals surface area contributed by atoms with E-state index in [1.165, 1.54) is 0 Å². The van der Waals surface area contributed by atoms with E-state index in [-0.39, 0.29) is 28.3 Å². The topological polar surface area (TPSA) is 83.7 Å². The maximum atomic E-state index is 13.6. The molecule has 0 bridgehead atoms. The van der Waals surface area contributed by atoms with Crippen molar-refractivity contribution < 1.29 is 19.2 Å². The first-order valence-electron chi connectivity index (χ1n) is 5.92. The molecule has 1 fully saturated rings. The highest BCUT2D eigenvalue weighted by molar-refractivity contribution is 9.10. The van der Waals surface area contributed by atoms with Gasteiger partial charge in [0.2, 0.25) is 0 Å². The van der Waals surface area contributed by atoms with Crippen LogP contribution in [0.15, 0.2) is 16.6 Å². The maximum Gasteiger partial charge on any atom is 0.308 e. The molecule has 20 heavy (non-hydrogen) atoms. The molecule has 2 atom stereocenters. The van der Waals surface area contributed by atoms with Gasteiger partial charge in [-0.1, -0.05) is 6.92 Å². The minimum atomic E-state index is -0.944. The lowest BCUT2D eigenvalue weighted by Gasteiger charge is -2.18. The number of hydrogen-bond acceptors (Lipinski definition) is 4. The Morgan fingerprint density at radius 3 is 2.70 bits per heavy atom. The van der Waals surface area contributed by atoms with Crippen LogP contribution in [0.2, 0.25) is 0 Å². The van der Waals surface area contributed by atoms with Crippen LogP contribution in [0, 0.1) is 27.8 Å². The van der Waals surface area contributed by atoms with Crippen molar-refractivity contribution in [2.45, 2.75) is 6.92 Å². The second kappa shape index (κ2) is 5.35. The average molecular weight is 347 g/mol. The smallest absolute Gasteiger partial charge is 0.308 e. The van der Waals surface area contributed by atoms with Crippen molar-refractivity contribution in [2.24, 2.45) is 11.8 Å². The summed E-state index contributed by atoms with van der Waals surface area (Å²) in [5.41, 5.74) is -0.122. The molecule has 108 valence electrons. The van der Waals surface area contributed by atoms with Crippen LogP contribution in [0.4, 0.5) is 15.8 Å². The monoisotopic (exact) mass is 346 g/mol. The van der Waals surface area contributed by atoms with E-state index in [1.54, 1.807) is 11.8 Å². The number of anilines is 1. The summed E-state index contributed by atoms with van der Waals surface area (Å²) in [7, 11) is 0. The Hall–Kier alpha value is -1.70. The summed E-state index contributed by atoms with van der Waals surface area (Å²) >= 11 is 2.91. The Bertz CT molecular complexity index is 581. The van der Waals surface area contributed by atoms with Gasteiger partial charge in [-0.25, -0.2) is 4.39 Å². The summed E-state index contributed by atoms with van der Waals surface area (Å²) in [5, 5.41) is 20.1. The summed E-state index contributed by atoms with van der Waals surface area (Å²) in [5.74, 6) is -2.32. The number of carboxylic acid groups (broad SMARTS) is 1. The zero-order valence-corrected chi connectivity index (χ0v) is 12.1. The summed E-state index contributed by atoms with van der Waals surface area (Å²) in [6.07, 6.45) is 0. The molecule has 8 heteroatoms. The molecule has 1 aliphatic rings. The third kappa shape index (κ3) is 2.60. The molecule has 1 N–H and O–H groups in total. The highest BCUT2D eigenvalue weighted by Crippen LogP contribution is 2.37. The van der Waals surface area contributed by atoms with Gasteiger partial charge >= 0.3 is 5.97 Å². The minimum absolute atomic E-state index is 0.00924. The number of nitro benzene ring substituents is 1. The van der Waals surface area contributed by atoms with Crippen LogP contribution >= 0.6 is 15.9 Å². The molecular formula is C12H12BrFN2O4. The fourth-order valence-electron chi connectivity index (χ4n) is 2.41. The largest absolute Gasteiger partial charge is 0.481 e. The van der Waals surface area contributed by atoms with Gasteiger partial charge in [0.25, 0.3) is 5.69 Å². The summed E-state index contributed by atoms with van der Waals surface area (Å²) in [6.45, 7) is 2.25. The summed E-state index contributed by atoms with van der Waals surface area (Å²) in [6, 6.07) is 2.17. The quantitative estimate of drug-likeness (QED) is 0.671. The highest BCUT2D eigenvalue weighted by atomic mass is 79.9. The Kier molecular flexibility index (Phi) is 3.94. The standard InChI is InChI=1S/C12H12BrFN2O4/c1-6-4-15(5-7(6)12(17)18)10-3-9(14)8(13)2-11(10)16(19)20/h2-3,6-7H,4-5H2,1H3,(H,17,18)/t6-,7-/m1/s1. The molecule has 1 aliphatic heterocycles. The number of hydrogen-bond donors (Lipinski definition) is 1. The van der Waals surface area contributed by atoms with E-state index in [2.05, 4.69) is 15.9 Å². The number of benzene rings is 1. The van der Waals surface area contributed by atoms with E-state index in [4.69, 9.17) is 5.11 Å². The van der Waals surface area contributed by atoms with E-state index in [0.29, 0.717) is 6.54 Å². The van der Waals surface area contributed by atoms with Crippen molar-refractivity contribution in [3.05, 3.63) is 32.5 Å². The van der Waals surface area contributed by atoms with E-state index in [0.717, 1.165) is 12.1 Å². The van der Waals surface area contributed by atoms with Crippen molar-refractivity contribution in [2.75, 3.05) is 18.0 Å². The molecule has 0 unspecified atom stereocenters. The molecule has 0 amide bonds. The highest BCUT2D eigenvalue weighted by Gasteiger charge is 2.37.